The summed E-state index contributed by atoms with van der Waals surface area (Å²) in [4.78, 5) is 23.5. The Morgan fingerprint density at radius 1 is 1.37 bits per heavy atom. The summed E-state index contributed by atoms with van der Waals surface area (Å²) in [6, 6.07) is 0. The topological polar surface area (TPSA) is 43.4 Å². The average molecular weight is 368 g/mol. The molecule has 0 aliphatic heterocycles. The molecule has 142 valence electrons. The van der Waals surface area contributed by atoms with Gasteiger partial charge in [0, 0.05) is 17.8 Å². The molecule has 0 unspecified atom stereocenters. The zero-order chi connectivity index (χ0) is 19.6. The van der Waals surface area contributed by atoms with Gasteiger partial charge in [0.1, 0.15) is 6.17 Å². The summed E-state index contributed by atoms with van der Waals surface area (Å²) in [6.07, 6.45) is 14.2. The van der Waals surface area contributed by atoms with Gasteiger partial charge in [0.25, 0.3) is 0 Å². The van der Waals surface area contributed by atoms with Crippen molar-refractivity contribution in [3.8, 4) is 12.3 Å². The number of carbonyl (C=O) groups is 2. The SMILES string of the molecule is C#C[C@]1(OC(C)=O)CC[C@H]2[C@@H]3C[C@H](F)C4=CC(=O)C=C[C@]4(C)C3=CC[C@@]21C. The number of halogens is 1. The fourth-order valence-electron chi connectivity index (χ4n) is 6.21. The van der Waals surface area contributed by atoms with Crippen LogP contribution < -0.4 is 0 Å². The Labute approximate surface area is 159 Å². The summed E-state index contributed by atoms with van der Waals surface area (Å²) in [5.74, 6) is 2.45. The van der Waals surface area contributed by atoms with E-state index in [0.717, 1.165) is 6.42 Å². The number of ether oxygens (including phenoxy) is 1. The average Bonchev–Trinajstić information content (AvgIpc) is 2.89. The summed E-state index contributed by atoms with van der Waals surface area (Å²) in [5.41, 5.74) is -0.146. The lowest BCUT2D eigenvalue weighted by atomic mass is 9.51. The van der Waals surface area contributed by atoms with E-state index in [4.69, 9.17) is 11.2 Å². The second-order valence-electron chi connectivity index (χ2n) is 8.84. The Balaban J connectivity index is 1.80. The molecule has 2 saturated carbocycles. The minimum atomic E-state index is -1.15. The number of alkyl halides is 1. The van der Waals surface area contributed by atoms with Crippen molar-refractivity contribution in [2.75, 3.05) is 0 Å². The zero-order valence-corrected chi connectivity index (χ0v) is 16.0. The van der Waals surface area contributed by atoms with Gasteiger partial charge in [-0.25, -0.2) is 4.39 Å². The van der Waals surface area contributed by atoms with E-state index in [-0.39, 0.29) is 23.6 Å². The maximum absolute atomic E-state index is 15.2. The van der Waals surface area contributed by atoms with Crippen LogP contribution in [0.1, 0.15) is 46.5 Å². The molecule has 4 aliphatic rings. The molecule has 0 amide bonds. The summed E-state index contributed by atoms with van der Waals surface area (Å²) < 4.78 is 20.9. The van der Waals surface area contributed by atoms with Crippen molar-refractivity contribution in [3.05, 3.63) is 35.5 Å². The van der Waals surface area contributed by atoms with Crippen molar-refractivity contribution in [2.45, 2.75) is 58.2 Å². The van der Waals surface area contributed by atoms with E-state index in [0.29, 0.717) is 24.8 Å². The van der Waals surface area contributed by atoms with E-state index < -0.39 is 22.6 Å². The number of esters is 1. The smallest absolute Gasteiger partial charge is 0.304 e. The highest BCUT2D eigenvalue weighted by Gasteiger charge is 2.64. The molecular weight excluding hydrogens is 343 g/mol. The molecule has 0 saturated heterocycles. The Kier molecular flexibility index (Phi) is 3.83. The number of hydrogen-bond donors (Lipinski definition) is 0. The fourth-order valence-corrected chi connectivity index (χ4v) is 6.21. The van der Waals surface area contributed by atoms with Crippen LogP contribution in [-0.2, 0) is 14.3 Å². The Morgan fingerprint density at radius 3 is 2.78 bits per heavy atom. The van der Waals surface area contributed by atoms with Crippen LogP contribution in [0.3, 0.4) is 0 Å². The number of rotatable bonds is 1. The standard InChI is InChI=1S/C23H25FO3/c1-5-23(27-14(2)25)11-8-18-16-13-20(24)19-12-15(26)6-9-21(19,3)17(16)7-10-22(18,23)4/h1,6-7,9,12,16,18,20H,8,10-11,13H2,2-4H3/t16-,18+,20+,21-,22+,23+/m1/s1. The summed E-state index contributed by atoms with van der Waals surface area (Å²) >= 11 is 0. The van der Waals surface area contributed by atoms with Crippen molar-refractivity contribution >= 4 is 11.8 Å². The molecule has 0 radical (unpaired) electrons. The van der Waals surface area contributed by atoms with E-state index in [1.165, 1.54) is 18.6 Å². The van der Waals surface area contributed by atoms with Gasteiger partial charge in [-0.1, -0.05) is 30.6 Å². The molecule has 27 heavy (non-hydrogen) atoms. The third-order valence-electron chi connectivity index (χ3n) is 7.61. The van der Waals surface area contributed by atoms with Crippen molar-refractivity contribution in [3.63, 3.8) is 0 Å². The Hall–Kier alpha value is -2.15. The van der Waals surface area contributed by atoms with Crippen LogP contribution in [0, 0.1) is 35.0 Å². The first-order valence-electron chi connectivity index (χ1n) is 9.64. The lowest BCUT2D eigenvalue weighted by molar-refractivity contribution is -0.162. The highest BCUT2D eigenvalue weighted by Crippen LogP contribution is 2.65. The summed E-state index contributed by atoms with van der Waals surface area (Å²) in [7, 11) is 0. The molecular formula is C23H25FO3. The van der Waals surface area contributed by atoms with Gasteiger partial charge in [-0.2, -0.15) is 0 Å². The monoisotopic (exact) mass is 368 g/mol. The third kappa shape index (κ3) is 2.27. The second kappa shape index (κ2) is 5.67. The van der Waals surface area contributed by atoms with Gasteiger partial charge in [-0.3, -0.25) is 9.59 Å². The van der Waals surface area contributed by atoms with Crippen molar-refractivity contribution < 1.29 is 18.7 Å². The predicted octanol–water partition coefficient (Wildman–Crippen LogP) is 4.10. The van der Waals surface area contributed by atoms with Gasteiger partial charge in [-0.05, 0) is 62.2 Å². The van der Waals surface area contributed by atoms with Gasteiger partial charge in [0.05, 0.1) is 0 Å². The molecule has 2 fully saturated rings. The second-order valence-corrected chi connectivity index (χ2v) is 8.84. The molecule has 4 aliphatic carbocycles. The van der Waals surface area contributed by atoms with Crippen LogP contribution in [0.4, 0.5) is 4.39 Å². The van der Waals surface area contributed by atoms with Gasteiger partial charge < -0.3 is 4.74 Å². The Morgan fingerprint density at radius 2 is 2.11 bits per heavy atom. The van der Waals surface area contributed by atoms with Crippen LogP contribution >= 0.6 is 0 Å². The maximum atomic E-state index is 15.2. The molecule has 3 nitrogen and oxygen atoms in total. The van der Waals surface area contributed by atoms with Crippen molar-refractivity contribution in [1.82, 2.24) is 0 Å². The molecule has 0 spiro atoms. The number of ketones is 1. The highest BCUT2D eigenvalue weighted by atomic mass is 19.1. The van der Waals surface area contributed by atoms with Crippen LogP contribution in [0.25, 0.3) is 0 Å². The lowest BCUT2D eigenvalue weighted by Gasteiger charge is -2.54. The number of allylic oxidation sites excluding steroid dienone is 6. The van der Waals surface area contributed by atoms with E-state index in [9.17, 15) is 9.59 Å². The largest absolute Gasteiger partial charge is 0.445 e. The van der Waals surface area contributed by atoms with Crippen LogP contribution in [0.15, 0.2) is 35.5 Å². The first-order valence-corrected chi connectivity index (χ1v) is 9.64. The van der Waals surface area contributed by atoms with Crippen LogP contribution in [0.5, 0.6) is 0 Å². The number of fused-ring (bicyclic) bond motifs is 5. The molecule has 6 atom stereocenters. The first-order chi connectivity index (χ1) is 12.7. The number of terminal acetylenes is 1. The maximum Gasteiger partial charge on any atom is 0.304 e. The van der Waals surface area contributed by atoms with Gasteiger partial charge in [-0.15, -0.1) is 6.42 Å². The molecule has 0 bridgehead atoms. The highest BCUT2D eigenvalue weighted by molar-refractivity contribution is 6.01. The summed E-state index contributed by atoms with van der Waals surface area (Å²) in [6.45, 7) is 5.48. The minimum absolute atomic E-state index is 0.0320. The molecule has 0 aromatic heterocycles. The van der Waals surface area contributed by atoms with Crippen LogP contribution in [-0.4, -0.2) is 23.5 Å². The quantitative estimate of drug-likeness (QED) is 0.398. The zero-order valence-electron chi connectivity index (χ0n) is 16.0. The molecule has 0 aromatic rings. The predicted molar refractivity (Wildman–Crippen MR) is 100 cm³/mol. The number of hydrogen-bond acceptors (Lipinski definition) is 3. The van der Waals surface area contributed by atoms with Crippen molar-refractivity contribution in [2.24, 2.45) is 22.7 Å². The van der Waals surface area contributed by atoms with Crippen molar-refractivity contribution in [1.29, 1.82) is 0 Å². The summed E-state index contributed by atoms with van der Waals surface area (Å²) in [5, 5.41) is 0. The molecule has 0 heterocycles. The van der Waals surface area contributed by atoms with Gasteiger partial charge in [0.15, 0.2) is 11.4 Å². The fraction of sp³-hybridized carbons (Fsp3) is 0.565. The van der Waals surface area contributed by atoms with E-state index >= 15 is 4.39 Å². The minimum Gasteiger partial charge on any atom is -0.445 e. The normalized spacial score (nSPS) is 45.0. The first kappa shape index (κ1) is 18.2. The van der Waals surface area contributed by atoms with Gasteiger partial charge >= 0.3 is 5.97 Å². The molecule has 4 heteroatoms. The molecule has 0 aromatic carbocycles. The van der Waals surface area contributed by atoms with E-state index in [1.807, 2.05) is 13.0 Å². The number of carbonyl (C=O) groups excluding carboxylic acids is 2. The Bertz CT molecular complexity index is 859. The van der Waals surface area contributed by atoms with E-state index in [1.54, 1.807) is 6.08 Å². The third-order valence-corrected chi connectivity index (χ3v) is 7.61. The van der Waals surface area contributed by atoms with E-state index in [2.05, 4.69) is 18.9 Å². The van der Waals surface area contributed by atoms with Crippen LogP contribution in [0.2, 0.25) is 0 Å². The lowest BCUT2D eigenvalue weighted by Crippen LogP contribution is -2.52. The molecule has 0 N–H and O–H groups in total. The molecule has 4 rings (SSSR count). The van der Waals surface area contributed by atoms with Gasteiger partial charge in [0.2, 0.25) is 0 Å².